The van der Waals surface area contributed by atoms with Crippen molar-refractivity contribution in [2.24, 2.45) is 0 Å². The third-order valence-corrected chi connectivity index (χ3v) is 5.23. The number of piperidine rings is 1. The topological polar surface area (TPSA) is 35.6 Å². The van der Waals surface area contributed by atoms with Gasteiger partial charge in [-0.25, -0.2) is 4.39 Å². The van der Waals surface area contributed by atoms with Crippen LogP contribution < -0.4 is 10.2 Å². The Labute approximate surface area is 158 Å². The number of halogens is 2. The summed E-state index contributed by atoms with van der Waals surface area (Å²) in [6.07, 6.45) is 2.07. The summed E-state index contributed by atoms with van der Waals surface area (Å²) in [5.41, 5.74) is 1.54. The summed E-state index contributed by atoms with van der Waals surface area (Å²) in [7, 11) is 4.09. The highest BCUT2D eigenvalue weighted by atomic mass is 35.5. The fourth-order valence-electron chi connectivity index (χ4n) is 3.29. The number of rotatable bonds is 4. The molecular weight excluding hydrogens is 353 g/mol. The minimum atomic E-state index is -0.378. The molecule has 1 aliphatic rings. The summed E-state index contributed by atoms with van der Waals surface area (Å²) in [6, 6.07) is 11.8. The number of hydrogen-bond donors (Lipinski definition) is 1. The van der Waals surface area contributed by atoms with Gasteiger partial charge in [0.25, 0.3) is 5.91 Å². The Bertz CT molecular complexity index is 790. The van der Waals surface area contributed by atoms with Gasteiger partial charge in [-0.15, -0.1) is 0 Å². The Morgan fingerprint density at radius 2 is 1.92 bits per heavy atom. The van der Waals surface area contributed by atoms with Crippen LogP contribution in [0, 0.1) is 5.82 Å². The molecule has 0 radical (unpaired) electrons. The second-order valence-corrected chi connectivity index (χ2v) is 7.18. The molecule has 1 heterocycles. The average molecular weight is 376 g/mol. The van der Waals surface area contributed by atoms with Gasteiger partial charge in [-0.3, -0.25) is 4.79 Å². The number of amides is 1. The lowest BCUT2D eigenvalue weighted by Crippen LogP contribution is -2.42. The van der Waals surface area contributed by atoms with Crippen LogP contribution in [0.1, 0.15) is 23.2 Å². The molecule has 1 fully saturated rings. The lowest BCUT2D eigenvalue weighted by Gasteiger charge is -2.36. The fourth-order valence-corrected chi connectivity index (χ4v) is 3.51. The van der Waals surface area contributed by atoms with Crippen LogP contribution in [0.4, 0.5) is 15.8 Å². The highest BCUT2D eigenvalue weighted by Gasteiger charge is 2.21. The summed E-state index contributed by atoms with van der Waals surface area (Å²) in [6.45, 7) is 2.06. The van der Waals surface area contributed by atoms with Crippen LogP contribution in [0.15, 0.2) is 42.5 Å². The van der Waals surface area contributed by atoms with E-state index >= 15 is 0 Å². The molecule has 2 aromatic carbocycles. The monoisotopic (exact) mass is 375 g/mol. The van der Waals surface area contributed by atoms with Crippen molar-refractivity contribution in [1.82, 2.24) is 4.90 Å². The molecule has 0 atom stereocenters. The lowest BCUT2D eigenvalue weighted by atomic mass is 10.0. The number of likely N-dealkylation sites (tertiary alicyclic amines) is 1. The van der Waals surface area contributed by atoms with E-state index in [-0.39, 0.29) is 11.7 Å². The molecule has 26 heavy (non-hydrogen) atoms. The number of anilines is 2. The first kappa shape index (κ1) is 18.7. The van der Waals surface area contributed by atoms with Crippen molar-refractivity contribution in [3.63, 3.8) is 0 Å². The first-order valence-electron chi connectivity index (χ1n) is 8.72. The number of benzene rings is 2. The van der Waals surface area contributed by atoms with Gasteiger partial charge < -0.3 is 15.1 Å². The van der Waals surface area contributed by atoms with Gasteiger partial charge in [0.05, 0.1) is 10.6 Å². The predicted molar refractivity (Wildman–Crippen MR) is 105 cm³/mol. The lowest BCUT2D eigenvalue weighted by molar-refractivity contribution is 0.102. The summed E-state index contributed by atoms with van der Waals surface area (Å²) < 4.78 is 14.1. The molecule has 138 valence electrons. The van der Waals surface area contributed by atoms with Gasteiger partial charge in [-0.1, -0.05) is 23.7 Å². The van der Waals surface area contributed by atoms with E-state index in [0.29, 0.717) is 22.3 Å². The molecule has 0 aliphatic carbocycles. The van der Waals surface area contributed by atoms with Crippen molar-refractivity contribution in [3.8, 4) is 0 Å². The maximum atomic E-state index is 14.1. The van der Waals surface area contributed by atoms with Crippen LogP contribution in [-0.4, -0.2) is 44.0 Å². The maximum Gasteiger partial charge on any atom is 0.257 e. The number of nitrogens with zero attached hydrogens (tertiary/aromatic N) is 2. The molecule has 0 unspecified atom stereocenters. The van der Waals surface area contributed by atoms with E-state index in [9.17, 15) is 9.18 Å². The number of hydrogen-bond acceptors (Lipinski definition) is 3. The van der Waals surface area contributed by atoms with Crippen molar-refractivity contribution in [2.75, 3.05) is 37.4 Å². The predicted octanol–water partition coefficient (Wildman–Crippen LogP) is 4.26. The number of carbonyl (C=O) groups is 1. The van der Waals surface area contributed by atoms with Gasteiger partial charge in [-0.05, 0) is 63.3 Å². The Hall–Kier alpha value is -2.11. The van der Waals surface area contributed by atoms with Crippen molar-refractivity contribution < 1.29 is 9.18 Å². The van der Waals surface area contributed by atoms with Crippen molar-refractivity contribution in [1.29, 1.82) is 0 Å². The zero-order valence-corrected chi connectivity index (χ0v) is 15.8. The van der Waals surface area contributed by atoms with Crippen LogP contribution in [0.5, 0.6) is 0 Å². The second-order valence-electron chi connectivity index (χ2n) is 6.78. The van der Waals surface area contributed by atoms with Crippen molar-refractivity contribution >= 4 is 28.9 Å². The molecule has 0 spiro atoms. The Morgan fingerprint density at radius 1 is 1.23 bits per heavy atom. The smallest absolute Gasteiger partial charge is 0.257 e. The van der Waals surface area contributed by atoms with Crippen LogP contribution >= 0.6 is 11.6 Å². The maximum absolute atomic E-state index is 14.1. The SMILES string of the molecule is CN1CCC(N(C)c2cc(F)cc(NC(=O)c3ccccc3Cl)c2)CC1. The number of carbonyl (C=O) groups excluding carboxylic acids is 1. The summed E-state index contributed by atoms with van der Waals surface area (Å²) >= 11 is 6.06. The molecule has 1 N–H and O–H groups in total. The van der Waals surface area contributed by atoms with Crippen molar-refractivity contribution in [2.45, 2.75) is 18.9 Å². The quantitative estimate of drug-likeness (QED) is 0.867. The van der Waals surface area contributed by atoms with E-state index in [1.807, 2.05) is 7.05 Å². The molecule has 0 saturated carbocycles. The van der Waals surface area contributed by atoms with Crippen LogP contribution in [-0.2, 0) is 0 Å². The molecule has 3 rings (SSSR count). The number of nitrogens with one attached hydrogen (secondary N) is 1. The Balaban J connectivity index is 1.77. The van der Waals surface area contributed by atoms with E-state index in [1.54, 1.807) is 30.3 Å². The second kappa shape index (κ2) is 8.06. The first-order valence-corrected chi connectivity index (χ1v) is 9.09. The fraction of sp³-hybridized carbons (Fsp3) is 0.350. The molecule has 2 aromatic rings. The summed E-state index contributed by atoms with van der Waals surface area (Å²) in [5.74, 6) is -0.731. The Morgan fingerprint density at radius 3 is 2.62 bits per heavy atom. The molecule has 6 heteroatoms. The molecule has 1 aliphatic heterocycles. The molecule has 1 amide bonds. The van der Waals surface area contributed by atoms with E-state index in [1.165, 1.54) is 12.1 Å². The normalized spacial score (nSPS) is 15.7. The third-order valence-electron chi connectivity index (χ3n) is 4.90. The molecule has 0 bridgehead atoms. The highest BCUT2D eigenvalue weighted by Crippen LogP contribution is 2.26. The van der Waals surface area contributed by atoms with Crippen LogP contribution in [0.3, 0.4) is 0 Å². The summed E-state index contributed by atoms with van der Waals surface area (Å²) in [5, 5.41) is 3.11. The van der Waals surface area contributed by atoms with Crippen LogP contribution in [0.2, 0.25) is 5.02 Å². The van der Waals surface area contributed by atoms with Crippen molar-refractivity contribution in [3.05, 3.63) is 58.9 Å². The molecule has 4 nitrogen and oxygen atoms in total. The average Bonchev–Trinajstić information content (AvgIpc) is 2.61. The minimum Gasteiger partial charge on any atom is -0.371 e. The molecule has 0 aromatic heterocycles. The van der Waals surface area contributed by atoms with Gasteiger partial charge in [0.15, 0.2) is 0 Å². The minimum absolute atomic E-state index is 0.353. The van der Waals surface area contributed by atoms with E-state index in [2.05, 4.69) is 22.2 Å². The largest absolute Gasteiger partial charge is 0.371 e. The highest BCUT2D eigenvalue weighted by molar-refractivity contribution is 6.34. The first-order chi connectivity index (χ1) is 12.4. The zero-order valence-electron chi connectivity index (χ0n) is 15.0. The van der Waals surface area contributed by atoms with Gasteiger partial charge in [-0.2, -0.15) is 0 Å². The molecular formula is C20H23ClFN3O. The zero-order chi connectivity index (χ0) is 18.7. The van der Waals surface area contributed by atoms with Gasteiger partial charge in [0.2, 0.25) is 0 Å². The van der Waals surface area contributed by atoms with Crippen LogP contribution in [0.25, 0.3) is 0 Å². The Kier molecular flexibility index (Phi) is 5.79. The van der Waals surface area contributed by atoms with E-state index < -0.39 is 0 Å². The van der Waals surface area contributed by atoms with Gasteiger partial charge >= 0.3 is 0 Å². The standard InChI is InChI=1S/C20H23ClFN3O/c1-24-9-7-16(8-10-24)25(2)17-12-14(22)11-15(13-17)23-20(26)18-5-3-4-6-19(18)21/h3-6,11-13,16H,7-10H2,1-2H3,(H,23,26). The van der Waals surface area contributed by atoms with Gasteiger partial charge in [0.1, 0.15) is 5.82 Å². The molecule has 1 saturated heterocycles. The summed E-state index contributed by atoms with van der Waals surface area (Å²) in [4.78, 5) is 16.8. The third kappa shape index (κ3) is 4.34. The van der Waals surface area contributed by atoms with E-state index in [0.717, 1.165) is 31.6 Å². The van der Waals surface area contributed by atoms with Gasteiger partial charge in [0, 0.05) is 24.5 Å². The van der Waals surface area contributed by atoms with E-state index in [4.69, 9.17) is 11.6 Å².